The van der Waals surface area contributed by atoms with E-state index in [9.17, 15) is 9.59 Å². The van der Waals surface area contributed by atoms with E-state index in [1.165, 1.54) is 0 Å². The minimum Gasteiger partial charge on any atom is -0.481 e. The van der Waals surface area contributed by atoms with Crippen LogP contribution in [0.25, 0.3) is 10.9 Å². The Balaban J connectivity index is 1.90. The molecule has 2 aromatic rings. The molecule has 5 heteroatoms. The summed E-state index contributed by atoms with van der Waals surface area (Å²) in [6.45, 7) is 5.86. The van der Waals surface area contributed by atoms with Crippen molar-refractivity contribution in [2.45, 2.75) is 39.7 Å². The number of aromatic nitrogens is 1. The summed E-state index contributed by atoms with van der Waals surface area (Å²) in [6.07, 6.45) is 1.00. The summed E-state index contributed by atoms with van der Waals surface area (Å²) in [5, 5.41) is 12.7. The number of hydrogen-bond acceptors (Lipinski definition) is 3. The van der Waals surface area contributed by atoms with Crippen molar-refractivity contribution in [3.63, 3.8) is 0 Å². The van der Waals surface area contributed by atoms with Crippen LogP contribution in [-0.4, -0.2) is 28.0 Å². The first-order valence-corrected chi connectivity index (χ1v) is 7.77. The van der Waals surface area contributed by atoms with E-state index in [-0.39, 0.29) is 17.9 Å². The molecule has 5 nitrogen and oxygen atoms in total. The fourth-order valence-electron chi connectivity index (χ4n) is 3.27. The van der Waals surface area contributed by atoms with Gasteiger partial charge in [0.2, 0.25) is 0 Å². The highest BCUT2D eigenvalue weighted by Gasteiger charge is 2.35. The second-order valence-electron chi connectivity index (χ2n) is 6.46. The molecule has 0 unspecified atom stereocenters. The SMILES string of the molecule is Cc1cc(C)c2c(C(=O)NC3CC(C(=O)O)C3)cc(C)nc2c1. The average molecular weight is 312 g/mol. The zero-order chi connectivity index (χ0) is 16.7. The van der Waals surface area contributed by atoms with E-state index in [2.05, 4.69) is 10.3 Å². The number of carboxylic acid groups (broad SMARTS) is 1. The Morgan fingerprint density at radius 2 is 1.87 bits per heavy atom. The number of aryl methyl sites for hydroxylation is 3. The van der Waals surface area contributed by atoms with Crippen molar-refractivity contribution in [3.8, 4) is 0 Å². The van der Waals surface area contributed by atoms with Gasteiger partial charge in [-0.25, -0.2) is 0 Å². The molecule has 3 rings (SSSR count). The predicted molar refractivity (Wildman–Crippen MR) is 87.6 cm³/mol. The topological polar surface area (TPSA) is 79.3 Å². The number of fused-ring (bicyclic) bond motifs is 1. The molecule has 0 saturated heterocycles. The molecule has 23 heavy (non-hydrogen) atoms. The number of carbonyl (C=O) groups excluding carboxylic acids is 1. The van der Waals surface area contributed by atoms with E-state index in [0.717, 1.165) is 27.7 Å². The molecule has 1 saturated carbocycles. The summed E-state index contributed by atoms with van der Waals surface area (Å²) >= 11 is 0. The minimum atomic E-state index is -0.785. The maximum absolute atomic E-state index is 12.6. The summed E-state index contributed by atoms with van der Waals surface area (Å²) in [6, 6.07) is 5.77. The summed E-state index contributed by atoms with van der Waals surface area (Å²) in [4.78, 5) is 28.0. The molecular formula is C18H20N2O3. The van der Waals surface area contributed by atoms with Gasteiger partial charge in [0.1, 0.15) is 0 Å². The molecule has 0 atom stereocenters. The van der Waals surface area contributed by atoms with Crippen LogP contribution in [0.3, 0.4) is 0 Å². The zero-order valence-electron chi connectivity index (χ0n) is 13.5. The number of nitrogens with zero attached hydrogens (tertiary/aromatic N) is 1. The number of pyridine rings is 1. The van der Waals surface area contributed by atoms with Crippen LogP contribution in [0.2, 0.25) is 0 Å². The lowest BCUT2D eigenvalue weighted by atomic mass is 9.80. The minimum absolute atomic E-state index is 0.0575. The Hall–Kier alpha value is -2.43. The maximum Gasteiger partial charge on any atom is 0.306 e. The lowest BCUT2D eigenvalue weighted by Crippen LogP contribution is -2.46. The highest BCUT2D eigenvalue weighted by atomic mass is 16.4. The van der Waals surface area contributed by atoms with Crippen molar-refractivity contribution < 1.29 is 14.7 Å². The molecule has 0 radical (unpaired) electrons. The molecule has 0 bridgehead atoms. The smallest absolute Gasteiger partial charge is 0.306 e. The average Bonchev–Trinajstić information content (AvgIpc) is 2.39. The fourth-order valence-corrected chi connectivity index (χ4v) is 3.27. The molecule has 0 aliphatic heterocycles. The van der Waals surface area contributed by atoms with Crippen LogP contribution < -0.4 is 5.32 Å². The van der Waals surface area contributed by atoms with E-state index in [4.69, 9.17) is 5.11 Å². The van der Waals surface area contributed by atoms with Crippen LogP contribution in [0, 0.1) is 26.7 Å². The van der Waals surface area contributed by atoms with Crippen molar-refractivity contribution in [2.24, 2.45) is 5.92 Å². The standard InChI is InChI=1S/C18H20N2O3/c1-9-4-10(2)16-14(6-11(3)19-15(16)5-9)17(21)20-13-7-12(8-13)18(22)23/h4-6,12-13H,7-8H2,1-3H3,(H,20,21)(H,22,23). The van der Waals surface area contributed by atoms with Gasteiger partial charge in [0.25, 0.3) is 5.91 Å². The van der Waals surface area contributed by atoms with Gasteiger partial charge < -0.3 is 10.4 Å². The molecule has 1 aromatic heterocycles. The molecule has 1 heterocycles. The molecule has 1 aliphatic carbocycles. The van der Waals surface area contributed by atoms with Crippen LogP contribution in [-0.2, 0) is 4.79 Å². The second kappa shape index (κ2) is 5.65. The molecule has 1 aliphatic rings. The van der Waals surface area contributed by atoms with Crippen LogP contribution in [0.15, 0.2) is 18.2 Å². The van der Waals surface area contributed by atoms with Crippen LogP contribution in [0.4, 0.5) is 0 Å². The van der Waals surface area contributed by atoms with Gasteiger partial charge in [-0.2, -0.15) is 0 Å². The first-order chi connectivity index (χ1) is 10.8. The van der Waals surface area contributed by atoms with E-state index in [1.54, 1.807) is 6.07 Å². The largest absolute Gasteiger partial charge is 0.481 e. The van der Waals surface area contributed by atoms with Crippen LogP contribution >= 0.6 is 0 Å². The van der Waals surface area contributed by atoms with Gasteiger partial charge >= 0.3 is 5.97 Å². The van der Waals surface area contributed by atoms with Crippen molar-refractivity contribution in [3.05, 3.63) is 40.6 Å². The van der Waals surface area contributed by atoms with Crippen molar-refractivity contribution in [1.82, 2.24) is 10.3 Å². The fraction of sp³-hybridized carbons (Fsp3) is 0.389. The molecule has 0 spiro atoms. The second-order valence-corrected chi connectivity index (χ2v) is 6.46. The van der Waals surface area contributed by atoms with Gasteiger partial charge in [0.15, 0.2) is 0 Å². The van der Waals surface area contributed by atoms with Gasteiger partial charge in [-0.15, -0.1) is 0 Å². The summed E-state index contributed by atoms with van der Waals surface area (Å²) in [7, 11) is 0. The normalized spacial score (nSPS) is 20.1. The third-order valence-corrected chi connectivity index (χ3v) is 4.45. The number of carbonyl (C=O) groups is 2. The first-order valence-electron chi connectivity index (χ1n) is 7.77. The Morgan fingerprint density at radius 1 is 1.17 bits per heavy atom. The van der Waals surface area contributed by atoms with E-state index >= 15 is 0 Å². The summed E-state index contributed by atoms with van der Waals surface area (Å²) in [5.74, 6) is -1.27. The Bertz CT molecular complexity index is 802. The van der Waals surface area contributed by atoms with Crippen LogP contribution in [0.5, 0.6) is 0 Å². The molecule has 2 N–H and O–H groups in total. The third kappa shape index (κ3) is 2.91. The van der Waals surface area contributed by atoms with Crippen molar-refractivity contribution >= 4 is 22.8 Å². The first kappa shape index (κ1) is 15.5. The summed E-state index contributed by atoms with van der Waals surface area (Å²) < 4.78 is 0. The number of benzene rings is 1. The number of amides is 1. The predicted octanol–water partition coefficient (Wildman–Crippen LogP) is 2.75. The molecular weight excluding hydrogens is 292 g/mol. The Kier molecular flexibility index (Phi) is 3.80. The number of aliphatic carboxylic acids is 1. The number of hydrogen-bond donors (Lipinski definition) is 2. The van der Waals surface area contributed by atoms with E-state index in [0.29, 0.717) is 18.4 Å². The third-order valence-electron chi connectivity index (χ3n) is 4.45. The van der Waals surface area contributed by atoms with Crippen molar-refractivity contribution in [1.29, 1.82) is 0 Å². The molecule has 1 aromatic carbocycles. The highest BCUT2D eigenvalue weighted by Crippen LogP contribution is 2.29. The van der Waals surface area contributed by atoms with Crippen LogP contribution in [0.1, 0.15) is 40.0 Å². The van der Waals surface area contributed by atoms with E-state index in [1.807, 2.05) is 32.9 Å². The highest BCUT2D eigenvalue weighted by molar-refractivity contribution is 6.07. The van der Waals surface area contributed by atoms with Gasteiger partial charge in [0.05, 0.1) is 17.0 Å². The quantitative estimate of drug-likeness (QED) is 0.913. The van der Waals surface area contributed by atoms with Gasteiger partial charge in [-0.1, -0.05) is 6.07 Å². The van der Waals surface area contributed by atoms with Gasteiger partial charge in [-0.3, -0.25) is 14.6 Å². The molecule has 1 fully saturated rings. The van der Waals surface area contributed by atoms with Gasteiger partial charge in [-0.05, 0) is 56.9 Å². The number of rotatable bonds is 3. The molecule has 1 amide bonds. The number of nitrogens with one attached hydrogen (secondary N) is 1. The summed E-state index contributed by atoms with van der Waals surface area (Å²) in [5.41, 5.74) is 4.37. The zero-order valence-corrected chi connectivity index (χ0v) is 13.5. The lowest BCUT2D eigenvalue weighted by Gasteiger charge is -2.33. The Labute approximate surface area is 134 Å². The van der Waals surface area contributed by atoms with Gasteiger partial charge in [0, 0.05) is 17.1 Å². The molecule has 120 valence electrons. The Morgan fingerprint density at radius 3 is 2.52 bits per heavy atom. The van der Waals surface area contributed by atoms with E-state index < -0.39 is 5.97 Å². The van der Waals surface area contributed by atoms with Crippen molar-refractivity contribution in [2.75, 3.05) is 0 Å². The maximum atomic E-state index is 12.6. The lowest BCUT2D eigenvalue weighted by molar-refractivity contribution is -0.145. The monoisotopic (exact) mass is 312 g/mol. The number of carboxylic acids is 1.